The van der Waals surface area contributed by atoms with E-state index in [1.807, 2.05) is 17.0 Å². The molecule has 1 fully saturated rings. The number of nitrogens with one attached hydrogen (secondary N) is 1. The van der Waals surface area contributed by atoms with Crippen LogP contribution in [0.25, 0.3) is 0 Å². The standard InChI is InChI=1S/C25H29N3O3/c29-23(10-9-17-8-7-16-4-3-12-26-25(16)27-17)28-13-11-20-21(14-24(30)31)18-5-1-2-6-19(18)22(20)15-28/h1-2,5-8,20-22H,3-4,9-15H2,(H,26,27)(H,30,31). The summed E-state index contributed by atoms with van der Waals surface area (Å²) in [7, 11) is 0. The van der Waals surface area contributed by atoms with Crippen LogP contribution in [0.5, 0.6) is 0 Å². The average Bonchev–Trinajstić information content (AvgIpc) is 3.10. The molecule has 3 unspecified atom stereocenters. The number of rotatable bonds is 5. The number of fused-ring (bicyclic) bond motifs is 4. The number of likely N-dealkylation sites (tertiary alicyclic amines) is 1. The number of pyridine rings is 1. The molecule has 2 aliphatic heterocycles. The molecule has 1 aromatic heterocycles. The minimum atomic E-state index is -0.744. The number of aryl methyl sites for hydroxylation is 2. The number of hydrogen-bond acceptors (Lipinski definition) is 4. The molecule has 6 heteroatoms. The Kier molecular flexibility index (Phi) is 5.38. The van der Waals surface area contributed by atoms with Crippen molar-refractivity contribution in [3.05, 3.63) is 58.8 Å². The largest absolute Gasteiger partial charge is 0.481 e. The number of aromatic nitrogens is 1. The number of anilines is 1. The van der Waals surface area contributed by atoms with E-state index in [2.05, 4.69) is 29.6 Å². The zero-order valence-corrected chi connectivity index (χ0v) is 17.7. The van der Waals surface area contributed by atoms with E-state index < -0.39 is 5.97 Å². The molecule has 31 heavy (non-hydrogen) atoms. The lowest BCUT2D eigenvalue weighted by atomic mass is 9.80. The van der Waals surface area contributed by atoms with Gasteiger partial charge in [-0.3, -0.25) is 9.59 Å². The number of nitrogens with zero attached hydrogens (tertiary/aromatic N) is 2. The van der Waals surface area contributed by atoms with Gasteiger partial charge in [-0.25, -0.2) is 4.98 Å². The summed E-state index contributed by atoms with van der Waals surface area (Å²) in [4.78, 5) is 31.2. The second kappa shape index (κ2) is 8.33. The van der Waals surface area contributed by atoms with Gasteiger partial charge < -0.3 is 15.3 Å². The van der Waals surface area contributed by atoms with Gasteiger partial charge in [0.15, 0.2) is 0 Å². The van der Waals surface area contributed by atoms with Gasteiger partial charge in [0, 0.05) is 37.7 Å². The van der Waals surface area contributed by atoms with E-state index in [9.17, 15) is 14.7 Å². The molecule has 3 aliphatic rings. The van der Waals surface area contributed by atoms with Crippen LogP contribution >= 0.6 is 0 Å². The average molecular weight is 420 g/mol. The molecule has 5 rings (SSSR count). The lowest BCUT2D eigenvalue weighted by Crippen LogP contribution is -2.42. The summed E-state index contributed by atoms with van der Waals surface area (Å²) in [6.45, 7) is 2.36. The van der Waals surface area contributed by atoms with Crippen molar-refractivity contribution in [1.82, 2.24) is 9.88 Å². The number of carboxylic acid groups (broad SMARTS) is 1. The zero-order valence-electron chi connectivity index (χ0n) is 17.7. The number of aliphatic carboxylic acids is 1. The van der Waals surface area contributed by atoms with E-state index in [-0.39, 0.29) is 24.2 Å². The Bertz CT molecular complexity index is 1010. The maximum atomic E-state index is 13.0. The van der Waals surface area contributed by atoms with Gasteiger partial charge in [-0.05, 0) is 60.3 Å². The van der Waals surface area contributed by atoms with Crippen molar-refractivity contribution < 1.29 is 14.7 Å². The fourth-order valence-electron chi connectivity index (χ4n) is 5.77. The molecule has 0 bridgehead atoms. The summed E-state index contributed by atoms with van der Waals surface area (Å²) in [5, 5.41) is 12.8. The summed E-state index contributed by atoms with van der Waals surface area (Å²) < 4.78 is 0. The van der Waals surface area contributed by atoms with Gasteiger partial charge in [-0.2, -0.15) is 0 Å². The highest BCUT2D eigenvalue weighted by Gasteiger charge is 2.44. The van der Waals surface area contributed by atoms with Crippen LogP contribution in [0.3, 0.4) is 0 Å². The topological polar surface area (TPSA) is 82.5 Å². The molecule has 1 aliphatic carbocycles. The van der Waals surface area contributed by atoms with Crippen LogP contribution in [0.15, 0.2) is 36.4 Å². The van der Waals surface area contributed by atoms with Gasteiger partial charge in [0.1, 0.15) is 5.82 Å². The highest BCUT2D eigenvalue weighted by Crippen LogP contribution is 2.51. The molecule has 1 saturated heterocycles. The van der Waals surface area contributed by atoms with Gasteiger partial charge in [0.05, 0.1) is 6.42 Å². The Labute approximate surface area is 182 Å². The molecule has 1 aromatic carbocycles. The molecule has 0 radical (unpaired) electrons. The van der Waals surface area contributed by atoms with Crippen molar-refractivity contribution in [2.75, 3.05) is 25.0 Å². The van der Waals surface area contributed by atoms with Crippen LogP contribution in [0.1, 0.15) is 59.9 Å². The monoisotopic (exact) mass is 419 g/mol. The molecule has 6 nitrogen and oxygen atoms in total. The van der Waals surface area contributed by atoms with Crippen LogP contribution in [-0.4, -0.2) is 46.5 Å². The van der Waals surface area contributed by atoms with Gasteiger partial charge in [0.2, 0.25) is 5.91 Å². The lowest BCUT2D eigenvalue weighted by molar-refractivity contribution is -0.138. The molecule has 0 saturated carbocycles. The van der Waals surface area contributed by atoms with Crippen LogP contribution in [-0.2, 0) is 22.4 Å². The van der Waals surface area contributed by atoms with Gasteiger partial charge in [-0.1, -0.05) is 30.3 Å². The summed E-state index contributed by atoms with van der Waals surface area (Å²) in [5.41, 5.74) is 4.63. The summed E-state index contributed by atoms with van der Waals surface area (Å²) in [6.07, 6.45) is 4.35. The fraction of sp³-hybridized carbons (Fsp3) is 0.480. The highest BCUT2D eigenvalue weighted by molar-refractivity contribution is 5.77. The third kappa shape index (κ3) is 3.91. The Morgan fingerprint density at radius 3 is 2.84 bits per heavy atom. The SMILES string of the molecule is O=C(O)CC1c2ccccc2C2CN(C(=O)CCc3ccc4c(n3)NCCC4)CCC12. The minimum Gasteiger partial charge on any atom is -0.481 e. The fourth-order valence-corrected chi connectivity index (χ4v) is 5.77. The summed E-state index contributed by atoms with van der Waals surface area (Å²) in [6, 6.07) is 12.4. The Morgan fingerprint density at radius 2 is 2.00 bits per heavy atom. The van der Waals surface area contributed by atoms with Crippen LogP contribution < -0.4 is 5.32 Å². The van der Waals surface area contributed by atoms with E-state index >= 15 is 0 Å². The van der Waals surface area contributed by atoms with Crippen LogP contribution in [0, 0.1) is 5.92 Å². The van der Waals surface area contributed by atoms with Crippen LogP contribution in [0.2, 0.25) is 0 Å². The number of hydrogen-bond donors (Lipinski definition) is 2. The maximum Gasteiger partial charge on any atom is 0.303 e. The van der Waals surface area contributed by atoms with E-state index in [1.165, 1.54) is 16.7 Å². The van der Waals surface area contributed by atoms with E-state index in [0.717, 1.165) is 37.3 Å². The molecule has 1 amide bonds. The minimum absolute atomic E-state index is 0.0585. The molecule has 3 atom stereocenters. The normalized spacial score (nSPS) is 24.0. The smallest absolute Gasteiger partial charge is 0.303 e. The van der Waals surface area contributed by atoms with Crippen molar-refractivity contribution in [1.29, 1.82) is 0 Å². The highest BCUT2D eigenvalue weighted by atomic mass is 16.4. The summed E-state index contributed by atoms with van der Waals surface area (Å²) >= 11 is 0. The number of piperidine rings is 1. The quantitative estimate of drug-likeness (QED) is 0.774. The van der Waals surface area contributed by atoms with Crippen molar-refractivity contribution >= 4 is 17.7 Å². The van der Waals surface area contributed by atoms with Gasteiger partial charge >= 0.3 is 5.97 Å². The number of carboxylic acids is 1. The van der Waals surface area contributed by atoms with E-state index in [1.54, 1.807) is 0 Å². The first kappa shape index (κ1) is 20.0. The van der Waals surface area contributed by atoms with Crippen LogP contribution in [0.4, 0.5) is 5.82 Å². The first-order valence-corrected chi connectivity index (χ1v) is 11.4. The van der Waals surface area contributed by atoms with Crippen molar-refractivity contribution in [2.45, 2.75) is 50.4 Å². The third-order valence-electron chi connectivity index (χ3n) is 7.27. The zero-order chi connectivity index (χ0) is 21.4. The van der Waals surface area contributed by atoms with Gasteiger partial charge in [-0.15, -0.1) is 0 Å². The molecule has 162 valence electrons. The Balaban J connectivity index is 1.25. The van der Waals surface area contributed by atoms with E-state index in [0.29, 0.717) is 31.8 Å². The van der Waals surface area contributed by atoms with Gasteiger partial charge in [0.25, 0.3) is 0 Å². The molecule has 3 heterocycles. The van der Waals surface area contributed by atoms with Crippen molar-refractivity contribution in [2.24, 2.45) is 5.92 Å². The molecule has 0 spiro atoms. The predicted molar refractivity (Wildman–Crippen MR) is 118 cm³/mol. The first-order valence-electron chi connectivity index (χ1n) is 11.4. The molecular weight excluding hydrogens is 390 g/mol. The number of benzene rings is 1. The molecular formula is C25H29N3O3. The number of carbonyl (C=O) groups excluding carboxylic acids is 1. The number of carbonyl (C=O) groups is 2. The maximum absolute atomic E-state index is 13.0. The predicted octanol–water partition coefficient (Wildman–Crippen LogP) is 3.58. The second-order valence-electron chi connectivity index (χ2n) is 9.07. The second-order valence-corrected chi connectivity index (χ2v) is 9.07. The van der Waals surface area contributed by atoms with Crippen molar-refractivity contribution in [3.63, 3.8) is 0 Å². The van der Waals surface area contributed by atoms with E-state index in [4.69, 9.17) is 4.98 Å². The Morgan fingerprint density at radius 1 is 1.16 bits per heavy atom. The Hall–Kier alpha value is -2.89. The first-order chi connectivity index (χ1) is 15.1. The third-order valence-corrected chi connectivity index (χ3v) is 7.27. The summed E-state index contributed by atoms with van der Waals surface area (Å²) in [5.74, 6) is 1.01. The lowest BCUT2D eigenvalue weighted by Gasteiger charge is -2.37. The molecule has 2 aromatic rings. The molecule has 2 N–H and O–H groups in total. The number of amides is 1. The van der Waals surface area contributed by atoms with Crippen molar-refractivity contribution in [3.8, 4) is 0 Å².